The van der Waals surface area contributed by atoms with Crippen molar-refractivity contribution in [1.29, 1.82) is 0 Å². The lowest BCUT2D eigenvalue weighted by atomic mass is 9.95. The molecule has 1 aromatic rings. The summed E-state index contributed by atoms with van der Waals surface area (Å²) in [7, 11) is -3.15. The molecule has 31 heavy (non-hydrogen) atoms. The minimum atomic E-state index is -4.52. The number of hydrogen-bond donors (Lipinski definition) is 2. The number of carbonyl (C=O) groups excluding carboxylic acids is 3. The maximum Gasteiger partial charge on any atom is 0.334 e. The molecule has 0 heterocycles. The minimum Gasteiger partial charge on any atom is -0.464 e. The van der Waals surface area contributed by atoms with Gasteiger partial charge in [-0.2, -0.15) is 8.42 Å². The van der Waals surface area contributed by atoms with E-state index < -0.39 is 38.9 Å². The number of carbonyl (C=O) groups is 3. The Bertz CT molecular complexity index is 857. The molecule has 2 atom stereocenters. The van der Waals surface area contributed by atoms with Gasteiger partial charge < -0.3 is 19.6 Å². The van der Waals surface area contributed by atoms with E-state index in [0.717, 1.165) is 0 Å². The first-order valence-electron chi connectivity index (χ1n) is 9.01. The minimum absolute atomic E-state index is 0. The Morgan fingerprint density at radius 1 is 1.19 bits per heavy atom. The number of Topliss-reactive ketones (excluding diaryl/α,β-unsaturated/α-hetero) is 1. The van der Waals surface area contributed by atoms with Crippen molar-refractivity contribution in [3.05, 3.63) is 23.8 Å². The number of esters is 1. The van der Waals surface area contributed by atoms with Crippen molar-refractivity contribution in [2.24, 2.45) is 5.92 Å². The molecule has 1 amide bonds. The number of benzene rings is 1. The van der Waals surface area contributed by atoms with Gasteiger partial charge in [0.25, 0.3) is 10.1 Å². The highest BCUT2D eigenvalue weighted by Gasteiger charge is 2.21. The summed E-state index contributed by atoms with van der Waals surface area (Å²) in [4.78, 5) is 35.1. The van der Waals surface area contributed by atoms with E-state index in [1.165, 1.54) is 33.1 Å². The molecule has 0 fully saturated rings. The Balaban J connectivity index is 0. The Morgan fingerprint density at radius 3 is 2.32 bits per heavy atom. The van der Waals surface area contributed by atoms with Crippen molar-refractivity contribution >= 4 is 33.5 Å². The summed E-state index contributed by atoms with van der Waals surface area (Å²) >= 11 is 0. The zero-order valence-electron chi connectivity index (χ0n) is 17.3. The van der Waals surface area contributed by atoms with Crippen LogP contribution in [0.15, 0.2) is 23.1 Å². The van der Waals surface area contributed by atoms with Crippen LogP contribution in [0.1, 0.15) is 46.1 Å². The van der Waals surface area contributed by atoms with Crippen LogP contribution in [-0.2, 0) is 34.0 Å². The van der Waals surface area contributed by atoms with Gasteiger partial charge in [0.1, 0.15) is 10.7 Å². The number of hydrogen-bond acceptors (Lipinski definition) is 7. The first kappa shape index (κ1) is 30.8. The molecule has 2 unspecified atom stereocenters. The van der Waals surface area contributed by atoms with Crippen LogP contribution in [0.5, 0.6) is 0 Å². The summed E-state index contributed by atoms with van der Waals surface area (Å²) in [6.45, 7) is 4.59. The van der Waals surface area contributed by atoms with Gasteiger partial charge >= 0.3 is 5.97 Å². The molecule has 0 spiro atoms. The predicted molar refractivity (Wildman–Crippen MR) is 114 cm³/mol. The number of methoxy groups -OCH3 is 1. The van der Waals surface area contributed by atoms with Crippen LogP contribution < -0.4 is 5.32 Å². The van der Waals surface area contributed by atoms with E-state index in [1.807, 2.05) is 0 Å². The number of aryl methyl sites for hydroxylation is 1. The van der Waals surface area contributed by atoms with Crippen molar-refractivity contribution in [2.75, 3.05) is 19.0 Å². The summed E-state index contributed by atoms with van der Waals surface area (Å²) in [6, 6.07) is 4.21. The van der Waals surface area contributed by atoms with Crippen LogP contribution in [0.25, 0.3) is 0 Å². The van der Waals surface area contributed by atoms with E-state index in [9.17, 15) is 27.4 Å². The highest BCUT2D eigenvalue weighted by Crippen LogP contribution is 2.24. The Labute approximate surface area is 182 Å². The molecule has 0 aromatic heterocycles. The number of halogens is 1. The number of ketones is 1. The molecule has 0 aliphatic carbocycles. The second kappa shape index (κ2) is 13.8. The smallest absolute Gasteiger partial charge is 0.334 e. The van der Waals surface area contributed by atoms with E-state index in [-0.39, 0.29) is 49.5 Å². The second-order valence-corrected chi connectivity index (χ2v) is 8.22. The molecule has 11 heteroatoms. The molecule has 1 rings (SSSR count). The van der Waals surface area contributed by atoms with Crippen molar-refractivity contribution < 1.29 is 41.5 Å². The maximum atomic E-state index is 12.4. The van der Waals surface area contributed by atoms with Crippen molar-refractivity contribution in [1.82, 2.24) is 0 Å². The molecule has 0 radical (unpaired) electrons. The van der Waals surface area contributed by atoms with Gasteiger partial charge in [0.05, 0.1) is 12.3 Å². The SMILES string of the molecule is C.COC(C)C(=O)OCCC(CC(C)=O)CC(=O)Nc1ccc(C)cc1S(=O)(=O)O.F. The van der Waals surface area contributed by atoms with E-state index in [0.29, 0.717) is 5.56 Å². The quantitative estimate of drug-likeness (QED) is 0.376. The van der Waals surface area contributed by atoms with Gasteiger partial charge in [0.15, 0.2) is 6.10 Å². The van der Waals surface area contributed by atoms with Crippen molar-refractivity contribution in [3.8, 4) is 0 Å². The van der Waals surface area contributed by atoms with E-state index >= 15 is 0 Å². The highest BCUT2D eigenvalue weighted by atomic mass is 32.2. The standard InChI is InChI=1S/C19H27NO8S.CH4.FH/c1-12-5-6-16(17(9-12)29(24,25)26)20-18(22)11-15(10-13(2)21)7-8-28-19(23)14(3)27-4;;/h5-6,9,14-15H,7-8,10-11H2,1-4H3,(H,20,22)(H,24,25,26);1H4;1H. The predicted octanol–water partition coefficient (Wildman–Crippen LogP) is 2.92. The summed E-state index contributed by atoms with van der Waals surface area (Å²) < 4.78 is 42.4. The Kier molecular flexibility index (Phi) is 13.8. The summed E-state index contributed by atoms with van der Waals surface area (Å²) in [5.74, 6) is -1.61. The average molecular weight is 466 g/mol. The summed E-state index contributed by atoms with van der Waals surface area (Å²) in [5.41, 5.74) is 0.544. The van der Waals surface area contributed by atoms with E-state index in [4.69, 9.17) is 9.47 Å². The molecule has 0 saturated heterocycles. The normalized spacial score (nSPS) is 12.5. The third kappa shape index (κ3) is 11.0. The average Bonchev–Trinajstić information content (AvgIpc) is 2.60. The first-order valence-corrected chi connectivity index (χ1v) is 10.4. The fourth-order valence-corrected chi connectivity index (χ4v) is 3.36. The number of ether oxygens (including phenoxy) is 2. The molecule has 0 aliphatic rings. The molecule has 9 nitrogen and oxygen atoms in total. The largest absolute Gasteiger partial charge is 0.464 e. The van der Waals surface area contributed by atoms with Gasteiger partial charge in [-0.15, -0.1) is 0 Å². The van der Waals surface area contributed by atoms with E-state index in [2.05, 4.69) is 5.32 Å². The lowest BCUT2D eigenvalue weighted by molar-refractivity contribution is -0.154. The van der Waals surface area contributed by atoms with Crippen LogP contribution in [0.4, 0.5) is 10.4 Å². The molecular formula is C20H32FNO8S. The zero-order valence-corrected chi connectivity index (χ0v) is 18.2. The zero-order chi connectivity index (χ0) is 22.2. The molecule has 0 bridgehead atoms. The maximum absolute atomic E-state index is 12.4. The molecule has 0 saturated carbocycles. The van der Waals surface area contributed by atoms with Crippen LogP contribution in [-0.4, -0.2) is 50.5 Å². The van der Waals surface area contributed by atoms with Gasteiger partial charge in [-0.1, -0.05) is 13.5 Å². The number of amides is 1. The molecule has 178 valence electrons. The Hall–Kier alpha value is -2.37. The van der Waals surface area contributed by atoms with Crippen LogP contribution in [0, 0.1) is 12.8 Å². The van der Waals surface area contributed by atoms with Crippen molar-refractivity contribution in [3.63, 3.8) is 0 Å². The van der Waals surface area contributed by atoms with E-state index in [1.54, 1.807) is 13.0 Å². The van der Waals surface area contributed by atoms with Crippen LogP contribution in [0.3, 0.4) is 0 Å². The summed E-state index contributed by atoms with van der Waals surface area (Å²) in [5, 5.41) is 2.46. The van der Waals surface area contributed by atoms with Crippen LogP contribution >= 0.6 is 0 Å². The number of nitrogens with one attached hydrogen (secondary N) is 1. The molecular weight excluding hydrogens is 433 g/mol. The third-order valence-electron chi connectivity index (χ3n) is 4.20. The number of rotatable bonds is 11. The van der Waals surface area contributed by atoms with Crippen LogP contribution in [0.2, 0.25) is 0 Å². The second-order valence-electron chi connectivity index (χ2n) is 6.83. The highest BCUT2D eigenvalue weighted by molar-refractivity contribution is 7.86. The van der Waals surface area contributed by atoms with Gasteiger partial charge in [-0.3, -0.25) is 14.1 Å². The van der Waals surface area contributed by atoms with Gasteiger partial charge in [0.2, 0.25) is 5.91 Å². The van der Waals surface area contributed by atoms with Crippen molar-refractivity contribution in [2.45, 2.75) is 58.5 Å². The number of anilines is 1. The lowest BCUT2D eigenvalue weighted by Gasteiger charge is -2.17. The molecule has 1 aromatic carbocycles. The topological polar surface area (TPSA) is 136 Å². The lowest BCUT2D eigenvalue weighted by Crippen LogP contribution is -2.24. The van der Waals surface area contributed by atoms with Gasteiger partial charge in [-0.05, 0) is 50.8 Å². The molecule has 2 N–H and O–H groups in total. The monoisotopic (exact) mass is 465 g/mol. The van der Waals surface area contributed by atoms with Gasteiger partial charge in [0, 0.05) is 20.0 Å². The first-order chi connectivity index (χ1) is 13.4. The summed E-state index contributed by atoms with van der Waals surface area (Å²) in [6.07, 6.45) is -0.432. The molecule has 0 aliphatic heterocycles. The third-order valence-corrected chi connectivity index (χ3v) is 5.09. The van der Waals surface area contributed by atoms with Gasteiger partial charge in [-0.25, -0.2) is 4.79 Å². The fourth-order valence-electron chi connectivity index (χ4n) is 2.63. The Morgan fingerprint density at radius 2 is 1.81 bits per heavy atom. The fraction of sp³-hybridized carbons (Fsp3) is 0.550.